The van der Waals surface area contributed by atoms with Gasteiger partial charge in [-0.1, -0.05) is 26.3 Å². The number of allylic oxidation sites excluding steroid dienone is 2. The Morgan fingerprint density at radius 2 is 1.96 bits per heavy atom. The molecule has 2 N–H and O–H groups in total. The molecule has 8 atom stereocenters. The molecule has 0 bridgehead atoms. The normalized spacial score (nSPS) is 46.2. The minimum atomic E-state index is -0.741. The molecule has 0 aromatic rings. The Morgan fingerprint density at radius 1 is 1.21 bits per heavy atom. The van der Waals surface area contributed by atoms with E-state index < -0.39 is 5.97 Å². The summed E-state index contributed by atoms with van der Waals surface area (Å²) in [5.74, 6) is 1.51. The predicted octanol–water partition coefficient (Wildman–Crippen LogP) is 4.61. The van der Waals surface area contributed by atoms with E-state index in [-0.39, 0.29) is 29.3 Å². The fourth-order valence-electron chi connectivity index (χ4n) is 7.79. The molecule has 0 amide bonds. The number of hydrogen-bond donors (Lipinski definition) is 2. The lowest BCUT2D eigenvalue weighted by atomic mass is 9.48. The van der Waals surface area contributed by atoms with Crippen LogP contribution in [0.3, 0.4) is 0 Å². The van der Waals surface area contributed by atoms with E-state index in [1.807, 2.05) is 6.08 Å². The molecule has 4 rings (SSSR count). The molecule has 156 valence electrons. The van der Waals surface area contributed by atoms with Crippen LogP contribution in [0.25, 0.3) is 0 Å². The maximum atomic E-state index is 13.5. The molecule has 28 heavy (non-hydrogen) atoms. The molecule has 0 saturated heterocycles. The molecule has 0 radical (unpaired) electrons. The largest absolute Gasteiger partial charge is 0.481 e. The number of carboxylic acids is 1. The summed E-state index contributed by atoms with van der Waals surface area (Å²) in [6.07, 6.45) is 9.87. The number of ketones is 1. The molecule has 4 aliphatic carbocycles. The number of rotatable bonds is 4. The van der Waals surface area contributed by atoms with Gasteiger partial charge in [0.05, 0.1) is 6.10 Å². The maximum Gasteiger partial charge on any atom is 0.303 e. The molecule has 3 fully saturated rings. The Balaban J connectivity index is 1.63. The number of aliphatic hydroxyl groups excluding tert-OH is 1. The summed E-state index contributed by atoms with van der Waals surface area (Å²) in [5, 5.41) is 19.2. The van der Waals surface area contributed by atoms with E-state index in [9.17, 15) is 14.7 Å². The van der Waals surface area contributed by atoms with Gasteiger partial charge in [-0.2, -0.15) is 0 Å². The lowest BCUT2D eigenvalue weighted by Crippen LogP contribution is -2.52. The summed E-state index contributed by atoms with van der Waals surface area (Å²) < 4.78 is 0. The average molecular weight is 389 g/mol. The second kappa shape index (κ2) is 6.97. The molecule has 0 heterocycles. The fraction of sp³-hybridized carbons (Fsp3) is 0.833. The smallest absolute Gasteiger partial charge is 0.303 e. The quantitative estimate of drug-likeness (QED) is 0.738. The molecule has 0 unspecified atom stereocenters. The van der Waals surface area contributed by atoms with Gasteiger partial charge in [0.15, 0.2) is 5.78 Å². The molecular formula is C24H36O4. The number of fused-ring (bicyclic) bond motifs is 5. The van der Waals surface area contributed by atoms with Crippen LogP contribution in [0, 0.1) is 40.4 Å². The van der Waals surface area contributed by atoms with Gasteiger partial charge in [-0.15, -0.1) is 0 Å². The highest BCUT2D eigenvalue weighted by atomic mass is 16.4. The van der Waals surface area contributed by atoms with E-state index in [4.69, 9.17) is 5.11 Å². The molecule has 0 aromatic heterocycles. The Bertz CT molecular complexity index is 697. The number of aliphatic hydroxyl groups is 1. The van der Waals surface area contributed by atoms with Crippen LogP contribution in [-0.2, 0) is 9.59 Å². The molecule has 4 nitrogen and oxygen atoms in total. The third-order valence-corrected chi connectivity index (χ3v) is 9.47. The first-order valence-corrected chi connectivity index (χ1v) is 11.3. The molecule has 0 aromatic carbocycles. The molecule has 4 heteroatoms. The van der Waals surface area contributed by atoms with Crippen LogP contribution in [-0.4, -0.2) is 28.1 Å². The zero-order valence-corrected chi connectivity index (χ0v) is 17.6. The summed E-state index contributed by atoms with van der Waals surface area (Å²) in [5.41, 5.74) is 1.14. The number of carbonyl (C=O) groups excluding carboxylic acids is 1. The van der Waals surface area contributed by atoms with Crippen molar-refractivity contribution in [1.29, 1.82) is 0 Å². The Hall–Kier alpha value is -1.16. The monoisotopic (exact) mass is 388 g/mol. The van der Waals surface area contributed by atoms with Crippen LogP contribution in [0.2, 0.25) is 0 Å². The van der Waals surface area contributed by atoms with Gasteiger partial charge < -0.3 is 10.2 Å². The van der Waals surface area contributed by atoms with Gasteiger partial charge in [-0.3, -0.25) is 9.59 Å². The van der Waals surface area contributed by atoms with Crippen LogP contribution < -0.4 is 0 Å². The minimum Gasteiger partial charge on any atom is -0.481 e. The summed E-state index contributed by atoms with van der Waals surface area (Å²) in [4.78, 5) is 24.6. The second-order valence-corrected chi connectivity index (χ2v) is 10.7. The van der Waals surface area contributed by atoms with Crippen molar-refractivity contribution in [2.24, 2.45) is 40.4 Å². The van der Waals surface area contributed by atoms with E-state index >= 15 is 0 Å². The molecule has 4 aliphatic rings. The van der Waals surface area contributed by atoms with Crippen molar-refractivity contribution in [3.63, 3.8) is 0 Å². The van der Waals surface area contributed by atoms with E-state index in [0.29, 0.717) is 35.9 Å². The van der Waals surface area contributed by atoms with Crippen molar-refractivity contribution in [3.05, 3.63) is 11.6 Å². The van der Waals surface area contributed by atoms with Crippen LogP contribution >= 0.6 is 0 Å². The number of aliphatic carboxylic acids is 1. The third-order valence-electron chi connectivity index (χ3n) is 9.47. The van der Waals surface area contributed by atoms with Crippen molar-refractivity contribution in [2.75, 3.05) is 0 Å². The number of carbonyl (C=O) groups is 2. The van der Waals surface area contributed by atoms with Gasteiger partial charge in [-0.25, -0.2) is 0 Å². The first kappa shape index (κ1) is 20.1. The SMILES string of the molecule is C[C@H](CCC(=O)O)[C@H]1CC[C@H]2[C@@H]3CC[C@@H]4C[C@H](O)CC[C@]4(C)C3=CC(=O)[C@]12C. The van der Waals surface area contributed by atoms with E-state index in [2.05, 4.69) is 20.8 Å². The first-order valence-electron chi connectivity index (χ1n) is 11.3. The average Bonchev–Trinajstić information content (AvgIpc) is 3.00. The van der Waals surface area contributed by atoms with Crippen molar-refractivity contribution in [3.8, 4) is 0 Å². The predicted molar refractivity (Wildman–Crippen MR) is 108 cm³/mol. The van der Waals surface area contributed by atoms with Crippen molar-refractivity contribution < 1.29 is 19.8 Å². The first-order chi connectivity index (χ1) is 13.2. The summed E-state index contributed by atoms with van der Waals surface area (Å²) in [7, 11) is 0. The van der Waals surface area contributed by atoms with Gasteiger partial charge >= 0.3 is 5.97 Å². The topological polar surface area (TPSA) is 74.6 Å². The summed E-state index contributed by atoms with van der Waals surface area (Å²) in [6, 6.07) is 0. The van der Waals surface area contributed by atoms with Crippen molar-refractivity contribution in [1.82, 2.24) is 0 Å². The highest BCUT2D eigenvalue weighted by molar-refractivity contribution is 5.97. The van der Waals surface area contributed by atoms with E-state index in [0.717, 1.165) is 44.9 Å². The van der Waals surface area contributed by atoms with Gasteiger partial charge in [-0.05, 0) is 92.4 Å². The van der Waals surface area contributed by atoms with Crippen LogP contribution in [0.15, 0.2) is 11.6 Å². The Morgan fingerprint density at radius 3 is 2.68 bits per heavy atom. The van der Waals surface area contributed by atoms with Gasteiger partial charge in [0.2, 0.25) is 0 Å². The van der Waals surface area contributed by atoms with Crippen LogP contribution in [0.1, 0.15) is 78.6 Å². The third kappa shape index (κ3) is 2.89. The molecular weight excluding hydrogens is 352 g/mol. The lowest BCUT2D eigenvalue weighted by Gasteiger charge is -2.56. The second-order valence-electron chi connectivity index (χ2n) is 10.7. The van der Waals surface area contributed by atoms with Crippen LogP contribution in [0.4, 0.5) is 0 Å². The van der Waals surface area contributed by atoms with Gasteiger partial charge in [0.1, 0.15) is 0 Å². The maximum absolute atomic E-state index is 13.5. The summed E-state index contributed by atoms with van der Waals surface area (Å²) >= 11 is 0. The van der Waals surface area contributed by atoms with E-state index in [1.54, 1.807) is 0 Å². The molecule has 3 saturated carbocycles. The molecule has 0 aliphatic heterocycles. The zero-order chi connectivity index (χ0) is 20.3. The standard InChI is InChI=1S/C24H36O4/c1-14(4-9-22(27)28)18-7-8-19-17-6-5-15-12-16(25)10-11-23(15,2)20(17)13-21(26)24(18,19)3/h13-19,25H,4-12H2,1-3H3,(H,27,28)/t14-,15-,16-,17+,18-,19+,23+,24-/m1/s1. The molecule has 0 spiro atoms. The van der Waals surface area contributed by atoms with Gasteiger partial charge in [0, 0.05) is 11.8 Å². The fourth-order valence-corrected chi connectivity index (χ4v) is 7.79. The highest BCUT2D eigenvalue weighted by Crippen LogP contribution is 2.65. The van der Waals surface area contributed by atoms with E-state index in [1.165, 1.54) is 5.57 Å². The minimum absolute atomic E-state index is 0.0755. The lowest BCUT2D eigenvalue weighted by molar-refractivity contribution is -0.137. The number of hydrogen-bond acceptors (Lipinski definition) is 3. The van der Waals surface area contributed by atoms with Gasteiger partial charge in [0.25, 0.3) is 0 Å². The Kier molecular flexibility index (Phi) is 5.01. The zero-order valence-electron chi connectivity index (χ0n) is 17.6. The van der Waals surface area contributed by atoms with Crippen molar-refractivity contribution >= 4 is 11.8 Å². The highest BCUT2D eigenvalue weighted by Gasteiger charge is 2.60. The number of carboxylic acid groups (broad SMARTS) is 1. The van der Waals surface area contributed by atoms with Crippen molar-refractivity contribution in [2.45, 2.75) is 84.7 Å². The Labute approximate surface area is 168 Å². The van der Waals surface area contributed by atoms with Crippen LogP contribution in [0.5, 0.6) is 0 Å². The summed E-state index contributed by atoms with van der Waals surface area (Å²) in [6.45, 7) is 6.68.